The summed E-state index contributed by atoms with van der Waals surface area (Å²) < 4.78 is 0. The monoisotopic (exact) mass is 283 g/mol. The van der Waals surface area contributed by atoms with E-state index in [1.165, 1.54) is 0 Å². The number of benzene rings is 1. The second kappa shape index (κ2) is 7.76. The van der Waals surface area contributed by atoms with Crippen molar-refractivity contribution in [1.29, 1.82) is 0 Å². The normalized spacial score (nSPS) is 10.3. The van der Waals surface area contributed by atoms with E-state index in [0.717, 1.165) is 5.56 Å². The van der Waals surface area contributed by atoms with Crippen LogP contribution in [0.15, 0.2) is 24.3 Å². The lowest BCUT2D eigenvalue weighted by atomic mass is 10.2. The second-order valence-electron chi connectivity index (χ2n) is 4.21. The van der Waals surface area contributed by atoms with E-state index >= 15 is 0 Å². The van der Waals surface area contributed by atoms with Gasteiger partial charge in [0.15, 0.2) is 0 Å². The molecule has 0 heterocycles. The number of amides is 3. The van der Waals surface area contributed by atoms with Crippen LogP contribution in [-0.4, -0.2) is 37.0 Å². The predicted octanol–water partition coefficient (Wildman–Crippen LogP) is 1.62. The van der Waals surface area contributed by atoms with Crippen LogP contribution in [0.3, 0.4) is 0 Å². The first-order valence-electron chi connectivity index (χ1n) is 6.02. The van der Waals surface area contributed by atoms with E-state index in [-0.39, 0.29) is 12.5 Å². The van der Waals surface area contributed by atoms with Crippen molar-refractivity contribution in [2.45, 2.75) is 13.5 Å². The first kappa shape index (κ1) is 15.5. The van der Waals surface area contributed by atoms with Crippen molar-refractivity contribution in [2.75, 3.05) is 20.1 Å². The molecule has 104 valence electrons. The van der Waals surface area contributed by atoms with Crippen LogP contribution in [0.5, 0.6) is 0 Å². The molecule has 0 radical (unpaired) electrons. The quantitative estimate of drug-likeness (QED) is 0.863. The predicted molar refractivity (Wildman–Crippen MR) is 75.0 cm³/mol. The lowest BCUT2D eigenvalue weighted by Crippen LogP contribution is -2.43. The number of imide groups is 1. The lowest BCUT2D eigenvalue weighted by Gasteiger charge is -2.16. The van der Waals surface area contributed by atoms with Crippen LogP contribution in [0, 0.1) is 0 Å². The van der Waals surface area contributed by atoms with Gasteiger partial charge in [0, 0.05) is 18.1 Å². The molecule has 1 aromatic carbocycles. The SMILES string of the molecule is CCNC(=O)NC(=O)CN(C)Cc1cccc(Cl)c1. The van der Waals surface area contributed by atoms with Crippen LogP contribution >= 0.6 is 11.6 Å². The Balaban J connectivity index is 2.40. The van der Waals surface area contributed by atoms with E-state index in [4.69, 9.17) is 11.6 Å². The maximum Gasteiger partial charge on any atom is 0.321 e. The molecule has 0 aliphatic heterocycles. The number of nitrogens with one attached hydrogen (secondary N) is 2. The molecule has 0 aliphatic carbocycles. The van der Waals surface area contributed by atoms with Gasteiger partial charge in [0.1, 0.15) is 0 Å². The van der Waals surface area contributed by atoms with Crippen molar-refractivity contribution in [3.8, 4) is 0 Å². The van der Waals surface area contributed by atoms with E-state index in [1.54, 1.807) is 24.9 Å². The molecule has 6 heteroatoms. The summed E-state index contributed by atoms with van der Waals surface area (Å²) in [6.07, 6.45) is 0. The summed E-state index contributed by atoms with van der Waals surface area (Å²) in [5, 5.41) is 5.42. The number of halogens is 1. The number of hydrogen-bond acceptors (Lipinski definition) is 3. The molecule has 19 heavy (non-hydrogen) atoms. The molecular weight excluding hydrogens is 266 g/mol. The number of urea groups is 1. The Bertz CT molecular complexity index is 451. The standard InChI is InChI=1S/C13H18ClN3O2/c1-3-15-13(19)16-12(18)9-17(2)8-10-5-4-6-11(14)7-10/h4-7H,3,8-9H2,1-2H3,(H2,15,16,18,19). The van der Waals surface area contributed by atoms with Crippen LogP contribution in [-0.2, 0) is 11.3 Å². The number of carbonyl (C=O) groups is 2. The van der Waals surface area contributed by atoms with E-state index in [9.17, 15) is 9.59 Å². The molecule has 0 unspecified atom stereocenters. The van der Waals surface area contributed by atoms with Gasteiger partial charge in [-0.05, 0) is 31.7 Å². The van der Waals surface area contributed by atoms with Crippen LogP contribution < -0.4 is 10.6 Å². The van der Waals surface area contributed by atoms with Crippen molar-refractivity contribution < 1.29 is 9.59 Å². The van der Waals surface area contributed by atoms with Crippen LogP contribution in [0.25, 0.3) is 0 Å². The van der Waals surface area contributed by atoms with Gasteiger partial charge in [0.2, 0.25) is 5.91 Å². The Morgan fingerprint density at radius 3 is 2.74 bits per heavy atom. The third-order valence-electron chi connectivity index (χ3n) is 2.35. The molecule has 5 nitrogen and oxygen atoms in total. The van der Waals surface area contributed by atoms with Crippen molar-refractivity contribution in [3.05, 3.63) is 34.9 Å². The number of rotatable bonds is 5. The Labute approximate surface area is 117 Å². The van der Waals surface area contributed by atoms with Gasteiger partial charge >= 0.3 is 6.03 Å². The Hall–Kier alpha value is -1.59. The van der Waals surface area contributed by atoms with E-state index < -0.39 is 6.03 Å². The number of hydrogen-bond donors (Lipinski definition) is 2. The van der Waals surface area contributed by atoms with E-state index in [1.807, 2.05) is 18.2 Å². The second-order valence-corrected chi connectivity index (χ2v) is 4.65. The fourth-order valence-electron chi connectivity index (χ4n) is 1.62. The first-order chi connectivity index (χ1) is 9.01. The molecule has 0 saturated carbocycles. The molecule has 1 rings (SSSR count). The van der Waals surface area contributed by atoms with Gasteiger partial charge in [0.05, 0.1) is 6.54 Å². The molecule has 2 N–H and O–H groups in total. The summed E-state index contributed by atoms with van der Waals surface area (Å²) in [5.41, 5.74) is 1.01. The van der Waals surface area contributed by atoms with Gasteiger partial charge in [-0.2, -0.15) is 0 Å². The molecule has 0 fully saturated rings. The highest BCUT2D eigenvalue weighted by atomic mass is 35.5. The first-order valence-corrected chi connectivity index (χ1v) is 6.39. The third-order valence-corrected chi connectivity index (χ3v) is 2.58. The fraction of sp³-hybridized carbons (Fsp3) is 0.385. The molecule has 0 aromatic heterocycles. The van der Waals surface area contributed by atoms with Crippen LogP contribution in [0.2, 0.25) is 5.02 Å². The summed E-state index contributed by atoms with van der Waals surface area (Å²) in [6, 6.07) is 6.97. The van der Waals surface area contributed by atoms with Crippen LogP contribution in [0.1, 0.15) is 12.5 Å². The molecule has 1 aromatic rings. The highest BCUT2D eigenvalue weighted by Gasteiger charge is 2.10. The molecule has 0 saturated heterocycles. The van der Waals surface area contributed by atoms with Crippen LogP contribution in [0.4, 0.5) is 4.79 Å². The third kappa shape index (κ3) is 6.22. The Morgan fingerprint density at radius 1 is 1.37 bits per heavy atom. The maximum atomic E-state index is 11.6. The number of nitrogens with zero attached hydrogens (tertiary/aromatic N) is 1. The van der Waals surface area contributed by atoms with Crippen molar-refractivity contribution in [1.82, 2.24) is 15.5 Å². The zero-order valence-electron chi connectivity index (χ0n) is 11.1. The minimum absolute atomic E-state index is 0.143. The molecular formula is C13H18ClN3O2. The Morgan fingerprint density at radius 2 is 2.11 bits per heavy atom. The topological polar surface area (TPSA) is 61.4 Å². The van der Waals surface area contributed by atoms with Gasteiger partial charge < -0.3 is 5.32 Å². The van der Waals surface area contributed by atoms with Gasteiger partial charge in [-0.15, -0.1) is 0 Å². The zero-order chi connectivity index (χ0) is 14.3. The summed E-state index contributed by atoms with van der Waals surface area (Å²) >= 11 is 5.89. The number of carbonyl (C=O) groups excluding carboxylic acids is 2. The van der Waals surface area contributed by atoms with E-state index in [2.05, 4.69) is 10.6 Å². The van der Waals surface area contributed by atoms with Gasteiger partial charge in [-0.25, -0.2) is 4.79 Å². The summed E-state index contributed by atoms with van der Waals surface area (Å²) in [4.78, 5) is 24.5. The van der Waals surface area contributed by atoms with Gasteiger partial charge in [-0.3, -0.25) is 15.0 Å². The molecule has 0 bridgehead atoms. The van der Waals surface area contributed by atoms with Crippen molar-refractivity contribution in [2.24, 2.45) is 0 Å². The van der Waals surface area contributed by atoms with Gasteiger partial charge in [0.25, 0.3) is 0 Å². The minimum Gasteiger partial charge on any atom is -0.338 e. The highest BCUT2D eigenvalue weighted by molar-refractivity contribution is 6.30. The summed E-state index contributed by atoms with van der Waals surface area (Å²) in [5.74, 6) is -0.338. The van der Waals surface area contributed by atoms with E-state index in [0.29, 0.717) is 18.1 Å². The average molecular weight is 284 g/mol. The lowest BCUT2D eigenvalue weighted by molar-refractivity contribution is -0.120. The molecule has 0 aliphatic rings. The maximum absolute atomic E-state index is 11.6. The smallest absolute Gasteiger partial charge is 0.321 e. The summed E-state index contributed by atoms with van der Waals surface area (Å²) in [7, 11) is 1.80. The zero-order valence-corrected chi connectivity index (χ0v) is 11.8. The minimum atomic E-state index is -0.469. The summed E-state index contributed by atoms with van der Waals surface area (Å²) in [6.45, 7) is 3.00. The molecule has 0 spiro atoms. The Kier molecular flexibility index (Phi) is 6.32. The highest BCUT2D eigenvalue weighted by Crippen LogP contribution is 2.11. The molecule has 3 amide bonds. The fourth-order valence-corrected chi connectivity index (χ4v) is 1.83. The average Bonchev–Trinajstić information content (AvgIpc) is 2.28. The van der Waals surface area contributed by atoms with Crippen molar-refractivity contribution >= 4 is 23.5 Å². The van der Waals surface area contributed by atoms with Gasteiger partial charge in [-0.1, -0.05) is 23.7 Å². The largest absolute Gasteiger partial charge is 0.338 e. The number of likely N-dealkylation sites (N-methyl/N-ethyl adjacent to an activating group) is 1. The molecule has 0 atom stereocenters. The van der Waals surface area contributed by atoms with Crippen molar-refractivity contribution in [3.63, 3.8) is 0 Å².